The number of hydrogen-bond acceptors (Lipinski definition) is 5. The van der Waals surface area contributed by atoms with Gasteiger partial charge in [0.15, 0.2) is 0 Å². The number of rotatable bonds is 5. The highest BCUT2D eigenvalue weighted by Crippen LogP contribution is 2.28. The van der Waals surface area contributed by atoms with Crippen molar-refractivity contribution in [1.82, 2.24) is 0 Å². The number of halogens is 1. The van der Waals surface area contributed by atoms with Gasteiger partial charge < -0.3 is 19.7 Å². The van der Waals surface area contributed by atoms with Crippen LogP contribution in [0.3, 0.4) is 0 Å². The zero-order valence-electron chi connectivity index (χ0n) is 17.4. The van der Waals surface area contributed by atoms with E-state index in [1.165, 1.54) is 0 Å². The quantitative estimate of drug-likeness (QED) is 0.478. The number of carbonyl (C=O) groups is 2. The number of nitrogens with one attached hydrogen (secondary N) is 2. The summed E-state index contributed by atoms with van der Waals surface area (Å²) in [6.45, 7) is 3.42. The molecule has 1 aliphatic rings. The predicted octanol–water partition coefficient (Wildman–Crippen LogP) is 5.60. The SMILES string of the molecule is Cc1cccc(C(=O)Nc2cc(NC(=O)c3ccc(N4CCOCS4)cc3)ccc2Cl)c1. The van der Waals surface area contributed by atoms with Crippen molar-refractivity contribution in [3.05, 3.63) is 88.4 Å². The van der Waals surface area contributed by atoms with Gasteiger partial charge in [0.1, 0.15) is 5.94 Å². The lowest BCUT2D eigenvalue weighted by Crippen LogP contribution is -2.26. The van der Waals surface area contributed by atoms with Crippen LogP contribution in [-0.4, -0.2) is 30.9 Å². The molecule has 6 nitrogen and oxygen atoms in total. The Hall–Kier alpha value is -3.00. The molecule has 3 aromatic rings. The molecule has 1 aliphatic heterocycles. The third kappa shape index (κ3) is 5.43. The monoisotopic (exact) mass is 467 g/mol. The number of amides is 2. The molecule has 0 spiro atoms. The lowest BCUT2D eigenvalue weighted by Gasteiger charge is -2.27. The standard InChI is InChI=1S/C24H22ClN3O3S/c1-16-3-2-4-18(13-16)24(30)27-22-14-19(7-10-21(22)25)26-23(29)17-5-8-20(9-6-17)28-11-12-31-15-32-28/h2-10,13-14H,11-12,15H2,1H3,(H,26,29)(H,27,30). The Balaban J connectivity index is 1.44. The van der Waals surface area contributed by atoms with Crippen LogP contribution in [0.1, 0.15) is 26.3 Å². The lowest BCUT2D eigenvalue weighted by atomic mass is 10.1. The largest absolute Gasteiger partial charge is 0.367 e. The molecule has 32 heavy (non-hydrogen) atoms. The Bertz CT molecular complexity index is 1130. The van der Waals surface area contributed by atoms with Gasteiger partial charge in [0.2, 0.25) is 0 Å². The molecule has 0 atom stereocenters. The highest BCUT2D eigenvalue weighted by Gasteiger charge is 2.14. The molecule has 0 aliphatic carbocycles. The van der Waals surface area contributed by atoms with Crippen LogP contribution in [0.5, 0.6) is 0 Å². The van der Waals surface area contributed by atoms with Crippen molar-refractivity contribution in [2.45, 2.75) is 6.92 Å². The van der Waals surface area contributed by atoms with Crippen LogP contribution in [0.4, 0.5) is 17.1 Å². The van der Waals surface area contributed by atoms with Crippen molar-refractivity contribution in [2.75, 3.05) is 34.0 Å². The summed E-state index contributed by atoms with van der Waals surface area (Å²) in [5.74, 6) is 0.113. The third-order valence-corrected chi connectivity index (χ3v) is 6.21. The van der Waals surface area contributed by atoms with Crippen molar-refractivity contribution >= 4 is 52.4 Å². The summed E-state index contributed by atoms with van der Waals surface area (Å²) in [7, 11) is 0. The average Bonchev–Trinajstić information content (AvgIpc) is 2.82. The second kappa shape index (κ2) is 10.1. The topological polar surface area (TPSA) is 70.7 Å². The Morgan fingerprint density at radius 1 is 0.969 bits per heavy atom. The van der Waals surface area contributed by atoms with Crippen LogP contribution >= 0.6 is 23.5 Å². The van der Waals surface area contributed by atoms with Crippen LogP contribution in [0.15, 0.2) is 66.7 Å². The van der Waals surface area contributed by atoms with E-state index in [9.17, 15) is 9.59 Å². The molecule has 3 aromatic carbocycles. The van der Waals surface area contributed by atoms with Gasteiger partial charge in [0.05, 0.1) is 23.9 Å². The first-order valence-corrected chi connectivity index (χ1v) is 11.4. The van der Waals surface area contributed by atoms with E-state index in [0.29, 0.717) is 40.1 Å². The van der Waals surface area contributed by atoms with E-state index in [0.717, 1.165) is 17.8 Å². The minimum Gasteiger partial charge on any atom is -0.367 e. The summed E-state index contributed by atoms with van der Waals surface area (Å²) in [5.41, 5.74) is 4.05. The van der Waals surface area contributed by atoms with Gasteiger partial charge in [-0.1, -0.05) is 29.3 Å². The molecule has 2 amide bonds. The molecule has 0 radical (unpaired) electrons. The zero-order chi connectivity index (χ0) is 22.5. The minimum atomic E-state index is -0.268. The van der Waals surface area contributed by atoms with E-state index in [2.05, 4.69) is 14.9 Å². The summed E-state index contributed by atoms with van der Waals surface area (Å²) in [6, 6.07) is 19.7. The van der Waals surface area contributed by atoms with Crippen molar-refractivity contribution in [3.63, 3.8) is 0 Å². The van der Waals surface area contributed by atoms with Gasteiger partial charge in [-0.2, -0.15) is 0 Å². The fourth-order valence-corrected chi connectivity index (χ4v) is 4.20. The minimum absolute atomic E-state index is 0.246. The normalized spacial score (nSPS) is 13.5. The number of carbonyl (C=O) groups excluding carboxylic acids is 2. The molecule has 4 rings (SSSR count). The van der Waals surface area contributed by atoms with Crippen molar-refractivity contribution in [1.29, 1.82) is 0 Å². The Morgan fingerprint density at radius 3 is 2.47 bits per heavy atom. The molecular formula is C24H22ClN3O3S. The van der Waals surface area contributed by atoms with E-state index < -0.39 is 0 Å². The Morgan fingerprint density at radius 2 is 1.75 bits per heavy atom. The first kappa shape index (κ1) is 22.2. The molecule has 1 saturated heterocycles. The summed E-state index contributed by atoms with van der Waals surface area (Å²) < 4.78 is 7.49. The second-order valence-electron chi connectivity index (χ2n) is 7.28. The molecule has 1 fully saturated rings. The van der Waals surface area contributed by atoms with Gasteiger partial charge in [-0.25, -0.2) is 0 Å². The third-order valence-electron chi connectivity index (χ3n) is 4.90. The highest BCUT2D eigenvalue weighted by molar-refractivity contribution is 8.00. The van der Waals surface area contributed by atoms with E-state index in [1.807, 2.05) is 31.2 Å². The van der Waals surface area contributed by atoms with E-state index in [1.54, 1.807) is 54.4 Å². The fourth-order valence-electron chi connectivity index (χ4n) is 3.24. The molecule has 0 unspecified atom stereocenters. The van der Waals surface area contributed by atoms with Crippen molar-refractivity contribution in [3.8, 4) is 0 Å². The van der Waals surface area contributed by atoms with Gasteiger partial charge in [-0.15, -0.1) is 0 Å². The van der Waals surface area contributed by atoms with Gasteiger partial charge in [-0.05, 0) is 73.5 Å². The molecule has 0 saturated carbocycles. The lowest BCUT2D eigenvalue weighted by molar-refractivity contribution is 0.101. The van der Waals surface area contributed by atoms with Gasteiger partial charge in [0, 0.05) is 22.5 Å². The molecular weight excluding hydrogens is 446 g/mol. The zero-order valence-corrected chi connectivity index (χ0v) is 19.0. The number of anilines is 3. The van der Waals surface area contributed by atoms with Gasteiger partial charge in [-0.3, -0.25) is 9.59 Å². The molecule has 8 heteroatoms. The summed E-state index contributed by atoms with van der Waals surface area (Å²) in [5, 5.41) is 6.06. The maximum atomic E-state index is 12.7. The Kier molecular flexibility index (Phi) is 6.99. The molecule has 0 bridgehead atoms. The summed E-state index contributed by atoms with van der Waals surface area (Å²) in [4.78, 5) is 25.3. The first-order valence-electron chi connectivity index (χ1n) is 10.1. The maximum absolute atomic E-state index is 12.7. The van der Waals surface area contributed by atoms with E-state index >= 15 is 0 Å². The average molecular weight is 468 g/mol. The van der Waals surface area contributed by atoms with Crippen LogP contribution in [0.25, 0.3) is 0 Å². The van der Waals surface area contributed by atoms with E-state index in [-0.39, 0.29) is 11.8 Å². The smallest absolute Gasteiger partial charge is 0.255 e. The number of aryl methyl sites for hydroxylation is 1. The predicted molar refractivity (Wildman–Crippen MR) is 131 cm³/mol. The van der Waals surface area contributed by atoms with Crippen LogP contribution in [0.2, 0.25) is 5.02 Å². The number of nitrogens with zero attached hydrogens (tertiary/aromatic N) is 1. The van der Waals surface area contributed by atoms with Crippen molar-refractivity contribution in [2.24, 2.45) is 0 Å². The van der Waals surface area contributed by atoms with Gasteiger partial charge >= 0.3 is 0 Å². The second-order valence-corrected chi connectivity index (χ2v) is 8.62. The summed E-state index contributed by atoms with van der Waals surface area (Å²) in [6.07, 6.45) is 0. The van der Waals surface area contributed by atoms with Crippen LogP contribution < -0.4 is 14.9 Å². The number of ether oxygens (including phenoxy) is 1. The fraction of sp³-hybridized carbons (Fsp3) is 0.167. The molecule has 0 aromatic heterocycles. The Labute approximate surface area is 196 Å². The van der Waals surface area contributed by atoms with Crippen molar-refractivity contribution < 1.29 is 14.3 Å². The van der Waals surface area contributed by atoms with Gasteiger partial charge in [0.25, 0.3) is 11.8 Å². The number of hydrogen-bond donors (Lipinski definition) is 2. The van der Waals surface area contributed by atoms with Crippen LogP contribution in [0, 0.1) is 6.92 Å². The summed E-state index contributed by atoms with van der Waals surface area (Å²) >= 11 is 7.86. The highest BCUT2D eigenvalue weighted by atomic mass is 35.5. The molecule has 1 heterocycles. The van der Waals surface area contributed by atoms with Crippen LogP contribution in [-0.2, 0) is 4.74 Å². The maximum Gasteiger partial charge on any atom is 0.255 e. The molecule has 164 valence electrons. The number of benzene rings is 3. The molecule has 2 N–H and O–H groups in total. The van der Waals surface area contributed by atoms with E-state index in [4.69, 9.17) is 16.3 Å². The first-order chi connectivity index (χ1) is 15.5.